The van der Waals surface area contributed by atoms with E-state index in [1.807, 2.05) is 24.3 Å². The van der Waals surface area contributed by atoms with Gasteiger partial charge in [-0.1, -0.05) is 25.1 Å². The van der Waals surface area contributed by atoms with Crippen molar-refractivity contribution in [3.63, 3.8) is 0 Å². The summed E-state index contributed by atoms with van der Waals surface area (Å²) in [4.78, 5) is 12.2. The van der Waals surface area contributed by atoms with E-state index in [1.165, 1.54) is 6.08 Å². The van der Waals surface area contributed by atoms with E-state index in [-0.39, 0.29) is 5.91 Å². The summed E-state index contributed by atoms with van der Waals surface area (Å²) in [6, 6.07) is 12.8. The number of hydrogen-bond donors (Lipinski definition) is 1. The molecule has 1 amide bonds. The predicted molar refractivity (Wildman–Crippen MR) is 99.4 cm³/mol. The fourth-order valence-corrected chi connectivity index (χ4v) is 2.23. The molecule has 0 atom stereocenters. The Morgan fingerprint density at radius 3 is 2.52 bits per heavy atom. The van der Waals surface area contributed by atoms with Gasteiger partial charge in [0.2, 0.25) is 5.91 Å². The molecule has 132 valence electrons. The number of nitrogens with one attached hydrogen (secondary N) is 1. The van der Waals surface area contributed by atoms with Gasteiger partial charge in [-0.05, 0) is 30.7 Å². The molecule has 0 fully saturated rings. The molecule has 2 aromatic rings. The Hall–Kier alpha value is -2.95. The monoisotopic (exact) mass is 341 g/mol. The third kappa shape index (κ3) is 5.28. The van der Waals surface area contributed by atoms with Crippen LogP contribution in [0, 0.1) is 0 Å². The maximum Gasteiger partial charge on any atom is 0.248 e. The van der Waals surface area contributed by atoms with Crippen LogP contribution in [0.25, 0.3) is 6.08 Å². The lowest BCUT2D eigenvalue weighted by Crippen LogP contribution is -2.08. The predicted octanol–water partition coefficient (Wildman–Crippen LogP) is 4.14. The molecule has 0 unspecified atom stereocenters. The van der Waals surface area contributed by atoms with Crippen molar-refractivity contribution in [3.05, 3.63) is 54.1 Å². The molecule has 0 aliphatic heterocycles. The number of amides is 1. The lowest BCUT2D eigenvalue weighted by Gasteiger charge is -2.10. The van der Waals surface area contributed by atoms with Crippen molar-refractivity contribution in [2.75, 3.05) is 26.1 Å². The maximum absolute atomic E-state index is 12.2. The molecule has 5 nitrogen and oxygen atoms in total. The van der Waals surface area contributed by atoms with Gasteiger partial charge in [-0.25, -0.2) is 0 Å². The van der Waals surface area contributed by atoms with Crippen LogP contribution in [-0.4, -0.2) is 26.7 Å². The van der Waals surface area contributed by atoms with Gasteiger partial charge >= 0.3 is 0 Å². The third-order valence-corrected chi connectivity index (χ3v) is 3.45. The molecular formula is C20H23NO4. The van der Waals surface area contributed by atoms with Gasteiger partial charge in [0.1, 0.15) is 5.75 Å². The van der Waals surface area contributed by atoms with Gasteiger partial charge in [-0.3, -0.25) is 4.79 Å². The first-order valence-electron chi connectivity index (χ1n) is 8.10. The molecule has 0 heterocycles. The SMILES string of the molecule is CCCOc1ccccc1C=CC(=O)Nc1ccc(OC)c(OC)c1. The van der Waals surface area contributed by atoms with Crippen molar-refractivity contribution in [3.8, 4) is 17.2 Å². The number of carbonyl (C=O) groups is 1. The van der Waals surface area contributed by atoms with Crippen LogP contribution >= 0.6 is 0 Å². The average Bonchev–Trinajstić information content (AvgIpc) is 2.65. The van der Waals surface area contributed by atoms with Crippen molar-refractivity contribution in [2.45, 2.75) is 13.3 Å². The molecule has 0 bridgehead atoms. The molecule has 0 aliphatic rings. The molecular weight excluding hydrogens is 318 g/mol. The summed E-state index contributed by atoms with van der Waals surface area (Å²) in [5, 5.41) is 2.80. The van der Waals surface area contributed by atoms with Crippen molar-refractivity contribution >= 4 is 17.7 Å². The van der Waals surface area contributed by atoms with Crippen molar-refractivity contribution in [2.24, 2.45) is 0 Å². The van der Waals surface area contributed by atoms with Gasteiger partial charge < -0.3 is 19.5 Å². The quantitative estimate of drug-likeness (QED) is 0.733. The van der Waals surface area contributed by atoms with Crippen molar-refractivity contribution < 1.29 is 19.0 Å². The van der Waals surface area contributed by atoms with E-state index in [2.05, 4.69) is 12.2 Å². The van der Waals surface area contributed by atoms with Crippen molar-refractivity contribution in [1.29, 1.82) is 0 Å². The second-order valence-electron chi connectivity index (χ2n) is 5.28. The first-order valence-corrected chi connectivity index (χ1v) is 8.10. The molecule has 0 aliphatic carbocycles. The highest BCUT2D eigenvalue weighted by Gasteiger charge is 2.06. The summed E-state index contributed by atoms with van der Waals surface area (Å²) < 4.78 is 16.1. The molecule has 0 radical (unpaired) electrons. The van der Waals surface area contributed by atoms with Crippen LogP contribution in [0.1, 0.15) is 18.9 Å². The highest BCUT2D eigenvalue weighted by atomic mass is 16.5. The van der Waals surface area contributed by atoms with Gasteiger partial charge in [0, 0.05) is 23.4 Å². The van der Waals surface area contributed by atoms with Gasteiger partial charge in [-0.15, -0.1) is 0 Å². The summed E-state index contributed by atoms with van der Waals surface area (Å²) in [6.07, 6.45) is 4.14. The van der Waals surface area contributed by atoms with Crippen LogP contribution in [0.2, 0.25) is 0 Å². The van der Waals surface area contributed by atoms with E-state index in [0.29, 0.717) is 23.8 Å². The van der Waals surface area contributed by atoms with Crippen LogP contribution in [0.15, 0.2) is 48.5 Å². The Morgan fingerprint density at radius 2 is 1.80 bits per heavy atom. The van der Waals surface area contributed by atoms with Gasteiger partial charge in [0.05, 0.1) is 20.8 Å². The first kappa shape index (κ1) is 18.4. The fraction of sp³-hybridized carbons (Fsp3) is 0.250. The van der Waals surface area contributed by atoms with E-state index < -0.39 is 0 Å². The van der Waals surface area contributed by atoms with Crippen LogP contribution in [0.4, 0.5) is 5.69 Å². The van der Waals surface area contributed by atoms with E-state index in [9.17, 15) is 4.79 Å². The Bertz CT molecular complexity index is 740. The zero-order valence-electron chi connectivity index (χ0n) is 14.7. The molecule has 25 heavy (non-hydrogen) atoms. The smallest absolute Gasteiger partial charge is 0.248 e. The second-order valence-corrected chi connectivity index (χ2v) is 5.28. The lowest BCUT2D eigenvalue weighted by atomic mass is 10.2. The van der Waals surface area contributed by atoms with Crippen LogP contribution in [0.5, 0.6) is 17.2 Å². The highest BCUT2D eigenvalue weighted by Crippen LogP contribution is 2.29. The normalized spacial score (nSPS) is 10.5. The molecule has 0 saturated carbocycles. The number of rotatable bonds is 8. The number of hydrogen-bond acceptors (Lipinski definition) is 4. The highest BCUT2D eigenvalue weighted by molar-refractivity contribution is 6.02. The minimum atomic E-state index is -0.238. The first-order chi connectivity index (χ1) is 12.2. The minimum absolute atomic E-state index is 0.238. The third-order valence-electron chi connectivity index (χ3n) is 3.45. The molecule has 0 aromatic heterocycles. The zero-order valence-corrected chi connectivity index (χ0v) is 14.7. The summed E-state index contributed by atoms with van der Waals surface area (Å²) in [5.74, 6) is 1.69. The Balaban J connectivity index is 2.06. The van der Waals surface area contributed by atoms with Crippen LogP contribution in [-0.2, 0) is 4.79 Å². The number of benzene rings is 2. The summed E-state index contributed by atoms with van der Waals surface area (Å²) in [7, 11) is 3.12. The number of carbonyl (C=O) groups excluding carboxylic acids is 1. The van der Waals surface area contributed by atoms with Gasteiger partial charge in [0.25, 0.3) is 0 Å². The van der Waals surface area contributed by atoms with Gasteiger partial charge in [0.15, 0.2) is 11.5 Å². The maximum atomic E-state index is 12.2. The summed E-state index contributed by atoms with van der Waals surface area (Å²) >= 11 is 0. The second kappa shape index (κ2) is 9.37. The van der Waals surface area contributed by atoms with Crippen molar-refractivity contribution in [1.82, 2.24) is 0 Å². The Morgan fingerprint density at radius 1 is 1.04 bits per heavy atom. The topological polar surface area (TPSA) is 56.8 Å². The Labute approximate surface area is 148 Å². The largest absolute Gasteiger partial charge is 0.493 e. The molecule has 2 rings (SSSR count). The van der Waals surface area contributed by atoms with Crippen LogP contribution < -0.4 is 19.5 Å². The number of para-hydroxylation sites is 1. The standard InChI is InChI=1S/C20H23NO4/c1-4-13-25-17-8-6-5-7-15(17)9-12-20(22)21-16-10-11-18(23-2)19(14-16)24-3/h5-12,14H,4,13H2,1-3H3,(H,21,22). The molecule has 0 spiro atoms. The zero-order chi connectivity index (χ0) is 18.1. The van der Waals surface area contributed by atoms with E-state index >= 15 is 0 Å². The number of methoxy groups -OCH3 is 2. The molecule has 2 aromatic carbocycles. The van der Waals surface area contributed by atoms with E-state index in [0.717, 1.165) is 17.7 Å². The van der Waals surface area contributed by atoms with E-state index in [1.54, 1.807) is 38.5 Å². The minimum Gasteiger partial charge on any atom is -0.493 e. The molecule has 0 saturated heterocycles. The molecule has 1 N–H and O–H groups in total. The summed E-state index contributed by atoms with van der Waals surface area (Å²) in [6.45, 7) is 2.69. The molecule has 5 heteroatoms. The fourth-order valence-electron chi connectivity index (χ4n) is 2.23. The number of ether oxygens (including phenoxy) is 3. The Kier molecular flexibility index (Phi) is 6.89. The van der Waals surface area contributed by atoms with E-state index in [4.69, 9.17) is 14.2 Å². The van der Waals surface area contributed by atoms with Crippen LogP contribution in [0.3, 0.4) is 0 Å². The lowest BCUT2D eigenvalue weighted by molar-refractivity contribution is -0.111. The average molecular weight is 341 g/mol. The number of anilines is 1. The van der Waals surface area contributed by atoms with Gasteiger partial charge in [-0.2, -0.15) is 0 Å². The summed E-state index contributed by atoms with van der Waals surface area (Å²) in [5.41, 5.74) is 1.49.